The van der Waals surface area contributed by atoms with Crippen molar-refractivity contribution in [1.29, 1.82) is 0 Å². The van der Waals surface area contributed by atoms with Crippen LogP contribution in [0.25, 0.3) is 65.0 Å². The molecule has 476 valence electrons. The van der Waals surface area contributed by atoms with E-state index in [4.69, 9.17) is 28.4 Å². The number of methoxy groups -OCH3 is 6. The van der Waals surface area contributed by atoms with E-state index in [0.29, 0.717) is 60.2 Å². The van der Waals surface area contributed by atoms with Gasteiger partial charge in [-0.2, -0.15) is 0 Å². The Morgan fingerprint density at radius 1 is 0.396 bits per heavy atom. The number of pyridine rings is 6. The fourth-order valence-electron chi connectivity index (χ4n) is 11.3. The van der Waals surface area contributed by atoms with Gasteiger partial charge in [0, 0.05) is 86.4 Å². The highest BCUT2D eigenvalue weighted by atomic mass is 35.5. The summed E-state index contributed by atoms with van der Waals surface area (Å²) in [6, 6.07) is 42.1. The molecule has 19 heteroatoms. The summed E-state index contributed by atoms with van der Waals surface area (Å²) in [5.41, 5.74) is 11.8. The Labute approximate surface area is 554 Å². The van der Waals surface area contributed by atoms with Gasteiger partial charge in [0.1, 0.15) is 0 Å². The zero-order valence-corrected chi connectivity index (χ0v) is 56.0. The molecule has 0 atom stereocenters. The predicted octanol–water partition coefficient (Wildman–Crippen LogP) is 16.9. The van der Waals surface area contributed by atoms with Crippen LogP contribution in [0, 0.1) is 6.92 Å². The van der Waals surface area contributed by atoms with Gasteiger partial charge >= 0.3 is 0 Å². The van der Waals surface area contributed by atoms with E-state index in [2.05, 4.69) is 81.0 Å². The van der Waals surface area contributed by atoms with Crippen LogP contribution in [0.2, 0.25) is 0 Å². The zero-order chi connectivity index (χ0) is 61.5. The second-order valence-corrected chi connectivity index (χ2v) is 21.6. The monoisotopic (exact) mass is 1310 g/mol. The summed E-state index contributed by atoms with van der Waals surface area (Å²) in [6.45, 7) is 10.2. The standard InChI is InChI=1S/C25H26N2O3.C24H24N2O3.C23H22N2O3.4ClH/c1-5-6-22-19-14-24(30-4)23(29-3)13-18(19)20(25(28)27-22)12-16-8-10-21-17(11-16)9-7-15(2)26-21;1-14(2)23-18-12-22(29-4)21(28-3)11-17(18)19(24(27)26-23)10-15-9-16-7-5-6-8-20(16)25-13-15;1-4-19-17-12-22(28-3)21(27-2)11-16(17)18(23(26)25-19)10-14-9-15-7-5-6-8-20(15)24-13-14;;;;/h7-11,13-14H,5-6,12H2,1-4H3,(H,27,28);5-9,11-14H,10H2,1-4H3,(H,26,27);5-9,11-13H,4,10H2,1-3H3,(H,25,26);4*1H. The lowest BCUT2D eigenvalue weighted by atomic mass is 9.95. The normalized spacial score (nSPS) is 10.7. The van der Waals surface area contributed by atoms with Crippen LogP contribution < -0.4 is 28.4 Å². The number of rotatable bonds is 16. The lowest BCUT2D eigenvalue weighted by Gasteiger charge is -2.17. The van der Waals surface area contributed by atoms with Gasteiger partial charge in [-0.3, -0.25) is 15.0 Å². The SMILES string of the molecule is CCCc1nc(O)c(Cc2ccc3nc(C)ccc3c2)c2cc(OC)c(OC)cc12.CCc1nc(O)c(Cc2cnc3ccccc3c2)c2cc(OC)c(OC)cc12.COc1cc2c(C(C)C)nc(O)c(Cc3cnc4ccccc4c3)c2cc1OC.Cl.Cl.Cl.Cl. The van der Waals surface area contributed by atoms with Crippen LogP contribution >= 0.6 is 49.6 Å². The zero-order valence-electron chi connectivity index (χ0n) is 52.7. The largest absolute Gasteiger partial charge is 0.493 e. The molecule has 0 aliphatic rings. The molecular formula is C72H76Cl4N6O9. The molecule has 6 heterocycles. The van der Waals surface area contributed by atoms with Crippen LogP contribution in [0.1, 0.15) is 96.2 Å². The Morgan fingerprint density at radius 2 is 0.780 bits per heavy atom. The van der Waals surface area contributed by atoms with Crippen molar-refractivity contribution >= 4 is 115 Å². The fourth-order valence-corrected chi connectivity index (χ4v) is 11.3. The molecule has 0 aliphatic heterocycles. The molecule has 15 nitrogen and oxygen atoms in total. The predicted molar refractivity (Wildman–Crippen MR) is 374 cm³/mol. The third kappa shape index (κ3) is 15.3. The summed E-state index contributed by atoms with van der Waals surface area (Å²) < 4.78 is 33.0. The number of nitrogens with zero attached hydrogens (tertiary/aromatic N) is 6. The van der Waals surface area contributed by atoms with Crippen LogP contribution in [-0.2, 0) is 32.1 Å². The summed E-state index contributed by atoms with van der Waals surface area (Å²) in [7, 11) is 9.71. The lowest BCUT2D eigenvalue weighted by Crippen LogP contribution is -2.02. The van der Waals surface area contributed by atoms with Gasteiger partial charge in [0.15, 0.2) is 34.5 Å². The molecule has 0 unspecified atom stereocenters. The molecule has 0 radical (unpaired) electrons. The molecule has 0 saturated carbocycles. The first kappa shape index (κ1) is 71.2. The van der Waals surface area contributed by atoms with Crippen molar-refractivity contribution < 1.29 is 43.7 Å². The molecule has 0 fully saturated rings. The van der Waals surface area contributed by atoms with Crippen molar-refractivity contribution in [1.82, 2.24) is 29.9 Å². The average Bonchev–Trinajstić information content (AvgIpc) is 0.947. The number of ether oxygens (including phenoxy) is 6. The van der Waals surface area contributed by atoms with Gasteiger partial charge in [-0.15, -0.1) is 49.6 Å². The van der Waals surface area contributed by atoms with E-state index in [1.165, 1.54) is 0 Å². The molecule has 6 aromatic carbocycles. The van der Waals surface area contributed by atoms with Crippen molar-refractivity contribution in [3.63, 3.8) is 0 Å². The topological polar surface area (TPSA) is 193 Å². The highest BCUT2D eigenvalue weighted by Crippen LogP contribution is 2.42. The van der Waals surface area contributed by atoms with Gasteiger partial charge in [-0.05, 0) is 137 Å². The number of halogens is 4. The Hall–Kier alpha value is -8.86. The van der Waals surface area contributed by atoms with E-state index in [0.717, 1.165) is 134 Å². The third-order valence-electron chi connectivity index (χ3n) is 15.7. The summed E-state index contributed by atoms with van der Waals surface area (Å²) in [5.74, 6) is 4.15. The van der Waals surface area contributed by atoms with Crippen molar-refractivity contribution in [2.45, 2.75) is 79.1 Å². The van der Waals surface area contributed by atoms with Crippen molar-refractivity contribution in [2.75, 3.05) is 42.7 Å². The third-order valence-corrected chi connectivity index (χ3v) is 15.7. The van der Waals surface area contributed by atoms with Crippen LogP contribution in [0.15, 0.2) is 140 Å². The van der Waals surface area contributed by atoms with Crippen LogP contribution in [0.3, 0.4) is 0 Å². The van der Waals surface area contributed by atoms with Gasteiger partial charge in [0.2, 0.25) is 17.6 Å². The summed E-state index contributed by atoms with van der Waals surface area (Å²) in [5, 5.41) is 41.2. The fraction of sp³-hybridized carbons (Fsp3) is 0.250. The maximum absolute atomic E-state index is 10.8. The van der Waals surface area contributed by atoms with Crippen LogP contribution in [0.5, 0.6) is 52.1 Å². The number of aryl methyl sites for hydroxylation is 3. The van der Waals surface area contributed by atoms with E-state index in [1.54, 1.807) is 42.7 Å². The van der Waals surface area contributed by atoms with E-state index in [-0.39, 0.29) is 73.2 Å². The molecule has 0 amide bonds. The molecule has 0 spiro atoms. The minimum absolute atomic E-state index is 0. The number of hydrogen-bond donors (Lipinski definition) is 3. The second-order valence-electron chi connectivity index (χ2n) is 21.6. The highest BCUT2D eigenvalue weighted by molar-refractivity contribution is 5.95. The highest BCUT2D eigenvalue weighted by Gasteiger charge is 2.22. The molecule has 12 rings (SSSR count). The number of benzene rings is 6. The van der Waals surface area contributed by atoms with Gasteiger partial charge in [0.25, 0.3) is 0 Å². The van der Waals surface area contributed by atoms with E-state index in [1.807, 2.05) is 123 Å². The second kappa shape index (κ2) is 31.7. The van der Waals surface area contributed by atoms with E-state index < -0.39 is 0 Å². The molecule has 0 saturated heterocycles. The average molecular weight is 1310 g/mol. The first-order chi connectivity index (χ1) is 42.2. The summed E-state index contributed by atoms with van der Waals surface area (Å²) in [4.78, 5) is 27.2. The minimum atomic E-state index is 0. The Bertz CT molecular complexity index is 4540. The number of aromatic hydroxyl groups is 3. The summed E-state index contributed by atoms with van der Waals surface area (Å²) >= 11 is 0. The molecule has 0 aliphatic carbocycles. The molecule has 12 aromatic rings. The van der Waals surface area contributed by atoms with Crippen LogP contribution in [-0.4, -0.2) is 87.9 Å². The van der Waals surface area contributed by atoms with Gasteiger partial charge in [0.05, 0.1) is 76.3 Å². The molecule has 0 bridgehead atoms. The maximum atomic E-state index is 10.8. The van der Waals surface area contributed by atoms with Gasteiger partial charge in [-0.1, -0.05) is 82.6 Å². The first-order valence-electron chi connectivity index (χ1n) is 29.0. The Kier molecular flexibility index (Phi) is 24.8. The van der Waals surface area contributed by atoms with Crippen LogP contribution in [0.4, 0.5) is 0 Å². The van der Waals surface area contributed by atoms with E-state index in [9.17, 15) is 15.3 Å². The lowest BCUT2D eigenvalue weighted by molar-refractivity contribution is 0.355. The summed E-state index contributed by atoms with van der Waals surface area (Å²) in [6.07, 6.45) is 7.71. The van der Waals surface area contributed by atoms with Gasteiger partial charge < -0.3 is 43.7 Å². The number of aromatic nitrogens is 6. The van der Waals surface area contributed by atoms with Crippen molar-refractivity contribution in [3.8, 4) is 52.1 Å². The Balaban J connectivity index is 0.000000212. The van der Waals surface area contributed by atoms with Crippen molar-refractivity contribution in [2.24, 2.45) is 0 Å². The number of fused-ring (bicyclic) bond motifs is 6. The molecule has 91 heavy (non-hydrogen) atoms. The number of hydrogen-bond acceptors (Lipinski definition) is 15. The van der Waals surface area contributed by atoms with Crippen molar-refractivity contribution in [3.05, 3.63) is 196 Å². The quantitative estimate of drug-likeness (QED) is 0.0826. The molecular weight excluding hydrogens is 1230 g/mol. The molecule has 6 aromatic heterocycles. The first-order valence-corrected chi connectivity index (χ1v) is 29.0. The van der Waals surface area contributed by atoms with Gasteiger partial charge in [-0.25, -0.2) is 15.0 Å². The number of para-hydroxylation sites is 2. The molecule has 3 N–H and O–H groups in total. The smallest absolute Gasteiger partial charge is 0.215 e. The van der Waals surface area contributed by atoms with E-state index >= 15 is 0 Å². The maximum Gasteiger partial charge on any atom is 0.215 e. The minimum Gasteiger partial charge on any atom is -0.493 e. The Morgan fingerprint density at radius 3 is 1.23 bits per heavy atom.